The standard InChI is InChI=1S/C14H16F2N2O/c1-3-11-8-13(18(2)17-11)14(19)7-9-6-10(15)4-5-12(9)16/h4-6,8,14,19H,3,7H2,1-2H3. The Morgan fingerprint density at radius 3 is 2.68 bits per heavy atom. The van der Waals surface area contributed by atoms with Crippen molar-refractivity contribution in [3.63, 3.8) is 0 Å². The van der Waals surface area contributed by atoms with Gasteiger partial charge in [-0.25, -0.2) is 8.78 Å². The van der Waals surface area contributed by atoms with E-state index in [1.807, 2.05) is 6.92 Å². The van der Waals surface area contributed by atoms with Crippen LogP contribution in [0.5, 0.6) is 0 Å². The number of aromatic nitrogens is 2. The maximum atomic E-state index is 13.5. The summed E-state index contributed by atoms with van der Waals surface area (Å²) < 4.78 is 28.2. The molecular weight excluding hydrogens is 250 g/mol. The van der Waals surface area contributed by atoms with Gasteiger partial charge in [0.2, 0.25) is 0 Å². The molecule has 0 amide bonds. The van der Waals surface area contributed by atoms with E-state index in [-0.39, 0.29) is 12.0 Å². The van der Waals surface area contributed by atoms with Crippen LogP contribution in [0.15, 0.2) is 24.3 Å². The molecule has 0 saturated carbocycles. The van der Waals surface area contributed by atoms with Crippen molar-refractivity contribution >= 4 is 0 Å². The van der Waals surface area contributed by atoms with Gasteiger partial charge >= 0.3 is 0 Å². The number of benzene rings is 1. The molecule has 3 nitrogen and oxygen atoms in total. The quantitative estimate of drug-likeness (QED) is 0.923. The molecule has 0 bridgehead atoms. The second-order valence-corrected chi connectivity index (χ2v) is 4.49. The lowest BCUT2D eigenvalue weighted by Gasteiger charge is -2.11. The topological polar surface area (TPSA) is 38.0 Å². The minimum absolute atomic E-state index is 0.0201. The fourth-order valence-corrected chi connectivity index (χ4v) is 2.04. The summed E-state index contributed by atoms with van der Waals surface area (Å²) in [5, 5.41) is 14.3. The molecule has 2 rings (SSSR count). The highest BCUT2D eigenvalue weighted by Crippen LogP contribution is 2.21. The molecule has 102 valence electrons. The predicted octanol–water partition coefficient (Wildman–Crippen LogP) is 2.54. The number of rotatable bonds is 4. The van der Waals surface area contributed by atoms with Crippen LogP contribution in [0.2, 0.25) is 0 Å². The van der Waals surface area contributed by atoms with Crippen molar-refractivity contribution in [1.29, 1.82) is 0 Å². The third-order valence-corrected chi connectivity index (χ3v) is 3.09. The molecule has 0 aliphatic rings. The van der Waals surface area contributed by atoms with Crippen molar-refractivity contribution in [2.75, 3.05) is 0 Å². The van der Waals surface area contributed by atoms with Gasteiger partial charge in [0.05, 0.1) is 17.5 Å². The molecular formula is C14H16F2N2O. The highest BCUT2D eigenvalue weighted by Gasteiger charge is 2.16. The third-order valence-electron chi connectivity index (χ3n) is 3.09. The minimum atomic E-state index is -0.908. The molecule has 1 N–H and O–H groups in total. The molecule has 5 heteroatoms. The Morgan fingerprint density at radius 1 is 1.32 bits per heavy atom. The molecule has 1 aromatic heterocycles. The van der Waals surface area contributed by atoms with Crippen molar-refractivity contribution in [2.45, 2.75) is 25.9 Å². The summed E-state index contributed by atoms with van der Waals surface area (Å²) in [6.45, 7) is 1.96. The van der Waals surface area contributed by atoms with Crippen LogP contribution in [0, 0.1) is 11.6 Å². The Hall–Kier alpha value is -1.75. The van der Waals surface area contributed by atoms with Gasteiger partial charge in [0.25, 0.3) is 0 Å². The molecule has 0 aliphatic heterocycles. The summed E-state index contributed by atoms with van der Waals surface area (Å²) >= 11 is 0. The number of aryl methyl sites for hydroxylation is 2. The lowest BCUT2D eigenvalue weighted by atomic mass is 10.0. The van der Waals surface area contributed by atoms with Crippen molar-refractivity contribution in [3.05, 3.63) is 52.9 Å². The fourth-order valence-electron chi connectivity index (χ4n) is 2.04. The molecule has 19 heavy (non-hydrogen) atoms. The molecule has 1 atom stereocenters. The van der Waals surface area contributed by atoms with E-state index in [9.17, 15) is 13.9 Å². The Kier molecular flexibility index (Phi) is 3.95. The molecule has 0 fully saturated rings. The number of hydrogen-bond acceptors (Lipinski definition) is 2. The van der Waals surface area contributed by atoms with Gasteiger partial charge in [-0.05, 0) is 36.2 Å². The molecule has 2 aromatic rings. The predicted molar refractivity (Wildman–Crippen MR) is 67.6 cm³/mol. The van der Waals surface area contributed by atoms with Crippen molar-refractivity contribution < 1.29 is 13.9 Å². The SMILES string of the molecule is CCc1cc(C(O)Cc2cc(F)ccc2F)n(C)n1. The van der Waals surface area contributed by atoms with Gasteiger partial charge in [-0.3, -0.25) is 4.68 Å². The van der Waals surface area contributed by atoms with Crippen LogP contribution in [-0.4, -0.2) is 14.9 Å². The highest BCUT2D eigenvalue weighted by molar-refractivity contribution is 5.22. The van der Waals surface area contributed by atoms with E-state index in [0.717, 1.165) is 30.3 Å². The highest BCUT2D eigenvalue weighted by atomic mass is 19.1. The van der Waals surface area contributed by atoms with Crippen molar-refractivity contribution in [2.24, 2.45) is 7.05 Å². The van der Waals surface area contributed by atoms with E-state index >= 15 is 0 Å². The Labute approximate surface area is 110 Å². The molecule has 0 radical (unpaired) electrons. The van der Waals surface area contributed by atoms with Crippen molar-refractivity contribution in [1.82, 2.24) is 9.78 Å². The van der Waals surface area contributed by atoms with Crippen LogP contribution in [0.4, 0.5) is 8.78 Å². The van der Waals surface area contributed by atoms with Gasteiger partial charge in [-0.1, -0.05) is 6.92 Å². The first-order chi connectivity index (χ1) is 9.01. The summed E-state index contributed by atoms with van der Waals surface area (Å²) in [4.78, 5) is 0. The van der Waals surface area contributed by atoms with Crippen LogP contribution >= 0.6 is 0 Å². The lowest BCUT2D eigenvalue weighted by Crippen LogP contribution is -2.09. The lowest BCUT2D eigenvalue weighted by molar-refractivity contribution is 0.167. The van der Waals surface area contributed by atoms with Crippen LogP contribution in [0.25, 0.3) is 0 Å². The fraction of sp³-hybridized carbons (Fsp3) is 0.357. The molecule has 0 aliphatic carbocycles. The first kappa shape index (κ1) is 13.7. The molecule has 0 saturated heterocycles. The number of halogens is 2. The van der Waals surface area contributed by atoms with Gasteiger partial charge in [0.1, 0.15) is 11.6 Å². The molecule has 1 aromatic carbocycles. The smallest absolute Gasteiger partial charge is 0.126 e. The van der Waals surface area contributed by atoms with Gasteiger partial charge in [-0.15, -0.1) is 0 Å². The summed E-state index contributed by atoms with van der Waals surface area (Å²) in [7, 11) is 1.72. The number of aliphatic hydroxyl groups is 1. The Balaban J connectivity index is 2.22. The molecule has 1 heterocycles. The zero-order chi connectivity index (χ0) is 14.0. The van der Waals surface area contributed by atoms with Gasteiger partial charge in [0, 0.05) is 13.5 Å². The summed E-state index contributed by atoms with van der Waals surface area (Å²) in [5.74, 6) is -1.03. The monoisotopic (exact) mass is 266 g/mol. The summed E-state index contributed by atoms with van der Waals surface area (Å²) in [6, 6.07) is 5.01. The first-order valence-electron chi connectivity index (χ1n) is 6.16. The van der Waals surface area contributed by atoms with Crippen LogP contribution < -0.4 is 0 Å². The summed E-state index contributed by atoms with van der Waals surface area (Å²) in [6.07, 6.45) is -0.129. The van der Waals surface area contributed by atoms with E-state index in [4.69, 9.17) is 0 Å². The van der Waals surface area contributed by atoms with E-state index in [2.05, 4.69) is 5.10 Å². The van der Waals surface area contributed by atoms with Crippen molar-refractivity contribution in [3.8, 4) is 0 Å². The average molecular weight is 266 g/mol. The van der Waals surface area contributed by atoms with E-state index < -0.39 is 17.7 Å². The van der Waals surface area contributed by atoms with Crippen LogP contribution in [-0.2, 0) is 19.9 Å². The molecule has 0 spiro atoms. The third kappa shape index (κ3) is 2.98. The van der Waals surface area contributed by atoms with Gasteiger partial charge < -0.3 is 5.11 Å². The van der Waals surface area contributed by atoms with E-state index in [1.54, 1.807) is 17.8 Å². The number of nitrogens with zero attached hydrogens (tertiary/aromatic N) is 2. The Morgan fingerprint density at radius 2 is 2.05 bits per heavy atom. The minimum Gasteiger partial charge on any atom is -0.386 e. The maximum Gasteiger partial charge on any atom is 0.126 e. The maximum absolute atomic E-state index is 13.5. The normalized spacial score (nSPS) is 12.7. The van der Waals surface area contributed by atoms with E-state index in [1.165, 1.54) is 0 Å². The molecule has 1 unspecified atom stereocenters. The summed E-state index contributed by atoms with van der Waals surface area (Å²) in [5.41, 5.74) is 1.61. The zero-order valence-electron chi connectivity index (χ0n) is 10.9. The number of hydrogen-bond donors (Lipinski definition) is 1. The van der Waals surface area contributed by atoms with Gasteiger partial charge in [0.15, 0.2) is 0 Å². The van der Waals surface area contributed by atoms with Crippen LogP contribution in [0.3, 0.4) is 0 Å². The largest absolute Gasteiger partial charge is 0.386 e. The Bertz CT molecular complexity index is 581. The van der Waals surface area contributed by atoms with Gasteiger partial charge in [-0.2, -0.15) is 5.10 Å². The first-order valence-corrected chi connectivity index (χ1v) is 6.16. The second-order valence-electron chi connectivity index (χ2n) is 4.49. The average Bonchev–Trinajstić information content (AvgIpc) is 2.75. The zero-order valence-corrected chi connectivity index (χ0v) is 10.9. The number of aliphatic hydroxyl groups excluding tert-OH is 1. The second kappa shape index (κ2) is 5.48. The van der Waals surface area contributed by atoms with Crippen LogP contribution in [0.1, 0.15) is 30.0 Å². The van der Waals surface area contributed by atoms with E-state index in [0.29, 0.717) is 5.69 Å².